The Morgan fingerprint density at radius 2 is 2.23 bits per heavy atom. The van der Waals surface area contributed by atoms with Gasteiger partial charge < -0.3 is 10.1 Å². The number of aryl methyl sites for hydroxylation is 1. The summed E-state index contributed by atoms with van der Waals surface area (Å²) in [6.07, 6.45) is 5.48. The van der Waals surface area contributed by atoms with Crippen molar-refractivity contribution in [1.82, 2.24) is 14.7 Å². The first kappa shape index (κ1) is 17.5. The second-order valence-electron chi connectivity index (χ2n) is 6.45. The number of rotatable bonds is 6. The summed E-state index contributed by atoms with van der Waals surface area (Å²) in [4.78, 5) is 17.7. The lowest BCUT2D eigenvalue weighted by atomic mass is 10.2. The predicted molar refractivity (Wildman–Crippen MR) is 104 cm³/mol. The Bertz CT molecular complexity index is 897. The summed E-state index contributed by atoms with van der Waals surface area (Å²) in [5.74, 6) is 0.0675. The molecule has 1 aromatic carbocycles. The number of hydrogen-bond acceptors (Lipinski definition) is 4. The molecule has 3 aromatic rings. The number of hydrogen-bond donors (Lipinski definition) is 1. The van der Waals surface area contributed by atoms with Crippen molar-refractivity contribution in [1.29, 1.82) is 0 Å². The van der Waals surface area contributed by atoms with Crippen LogP contribution in [0.1, 0.15) is 25.0 Å². The summed E-state index contributed by atoms with van der Waals surface area (Å²) in [7, 11) is 0. The van der Waals surface area contributed by atoms with Crippen molar-refractivity contribution in [3.8, 4) is 11.3 Å². The number of benzene rings is 1. The van der Waals surface area contributed by atoms with Crippen LogP contribution in [0, 0.1) is 0 Å². The van der Waals surface area contributed by atoms with Crippen LogP contribution in [0.3, 0.4) is 0 Å². The number of imidazole rings is 1. The summed E-state index contributed by atoms with van der Waals surface area (Å²) in [6, 6.07) is 7.66. The monoisotopic (exact) mass is 389 g/mol. The number of aromatic nitrogens is 2. The second-order valence-corrected chi connectivity index (χ2v) is 7.72. The highest BCUT2D eigenvalue weighted by Crippen LogP contribution is 2.25. The number of fused-ring (bicyclic) bond motifs is 1. The van der Waals surface area contributed by atoms with Crippen molar-refractivity contribution in [3.05, 3.63) is 46.6 Å². The van der Waals surface area contributed by atoms with Gasteiger partial charge in [-0.3, -0.25) is 9.20 Å². The number of amides is 1. The highest BCUT2D eigenvalue weighted by molar-refractivity contribution is 7.15. The fraction of sp³-hybridized carbons (Fsp3) is 0.368. The lowest BCUT2D eigenvalue weighted by Gasteiger charge is -2.10. The molecule has 0 bridgehead atoms. The largest absolute Gasteiger partial charge is 0.376 e. The Hall–Kier alpha value is -1.89. The van der Waals surface area contributed by atoms with E-state index in [0.717, 1.165) is 41.4 Å². The first-order valence-corrected chi connectivity index (χ1v) is 10.0. The SMILES string of the molecule is O=C(CCc1csc2nc(-c3ccc(Cl)cc3)cn12)NC[C@@H]1CCCO1. The molecule has 1 fully saturated rings. The fourth-order valence-electron chi connectivity index (χ4n) is 3.13. The third-order valence-electron chi connectivity index (χ3n) is 4.58. The van der Waals surface area contributed by atoms with Gasteiger partial charge in [0.05, 0.1) is 11.8 Å². The van der Waals surface area contributed by atoms with E-state index in [-0.39, 0.29) is 12.0 Å². The number of ether oxygens (including phenoxy) is 1. The van der Waals surface area contributed by atoms with Gasteiger partial charge in [-0.15, -0.1) is 11.3 Å². The van der Waals surface area contributed by atoms with Gasteiger partial charge in [0.1, 0.15) is 0 Å². The standard InChI is InChI=1S/C19H20ClN3O2S/c20-14-5-3-13(4-6-14)17-11-23-15(12-26-19(23)22-17)7-8-18(24)21-10-16-2-1-9-25-16/h3-6,11-12,16H,1-2,7-10H2,(H,21,24)/t16-/m0/s1. The highest BCUT2D eigenvalue weighted by atomic mass is 35.5. The number of halogens is 1. The zero-order valence-electron chi connectivity index (χ0n) is 14.3. The quantitative estimate of drug-likeness (QED) is 0.694. The van der Waals surface area contributed by atoms with Gasteiger partial charge in [-0.2, -0.15) is 0 Å². The summed E-state index contributed by atoms with van der Waals surface area (Å²) in [6.45, 7) is 1.42. The molecular formula is C19H20ClN3O2S. The van der Waals surface area contributed by atoms with Crippen LogP contribution in [0.5, 0.6) is 0 Å². The van der Waals surface area contributed by atoms with E-state index in [0.29, 0.717) is 24.4 Å². The molecule has 4 rings (SSSR count). The average Bonchev–Trinajstić information content (AvgIpc) is 3.36. The maximum Gasteiger partial charge on any atom is 0.220 e. The molecule has 0 aliphatic carbocycles. The maximum absolute atomic E-state index is 12.1. The smallest absolute Gasteiger partial charge is 0.220 e. The van der Waals surface area contributed by atoms with Gasteiger partial charge in [0.25, 0.3) is 0 Å². The third kappa shape index (κ3) is 3.92. The van der Waals surface area contributed by atoms with Crippen molar-refractivity contribution >= 4 is 33.8 Å². The topological polar surface area (TPSA) is 55.6 Å². The second kappa shape index (κ2) is 7.78. The molecular weight excluding hydrogens is 370 g/mol. The summed E-state index contributed by atoms with van der Waals surface area (Å²) < 4.78 is 7.60. The minimum Gasteiger partial charge on any atom is -0.376 e. The van der Waals surface area contributed by atoms with Gasteiger partial charge in [0, 0.05) is 47.4 Å². The molecule has 136 valence electrons. The van der Waals surface area contributed by atoms with Gasteiger partial charge in [0.2, 0.25) is 5.91 Å². The summed E-state index contributed by atoms with van der Waals surface area (Å²) in [5, 5.41) is 5.76. The average molecular weight is 390 g/mol. The molecule has 0 unspecified atom stereocenters. The van der Waals surface area contributed by atoms with Crippen molar-refractivity contribution in [2.45, 2.75) is 31.8 Å². The van der Waals surface area contributed by atoms with Crippen LogP contribution < -0.4 is 5.32 Å². The van der Waals surface area contributed by atoms with Crippen molar-refractivity contribution in [2.75, 3.05) is 13.2 Å². The van der Waals surface area contributed by atoms with E-state index in [4.69, 9.17) is 16.3 Å². The molecule has 5 nitrogen and oxygen atoms in total. The molecule has 1 atom stereocenters. The molecule has 3 heterocycles. The van der Waals surface area contributed by atoms with Crippen LogP contribution in [0.15, 0.2) is 35.8 Å². The van der Waals surface area contributed by atoms with Crippen molar-refractivity contribution < 1.29 is 9.53 Å². The molecule has 1 saturated heterocycles. The molecule has 1 amide bonds. The van der Waals surface area contributed by atoms with Crippen molar-refractivity contribution in [2.24, 2.45) is 0 Å². The maximum atomic E-state index is 12.1. The number of carbonyl (C=O) groups excluding carboxylic acids is 1. The summed E-state index contributed by atoms with van der Waals surface area (Å²) in [5.41, 5.74) is 3.05. The van der Waals surface area contributed by atoms with Crippen LogP contribution in [0.25, 0.3) is 16.2 Å². The molecule has 2 aromatic heterocycles. The molecule has 7 heteroatoms. The number of carbonyl (C=O) groups is 1. The van der Waals surface area contributed by atoms with Gasteiger partial charge in [-0.05, 0) is 31.4 Å². The molecule has 1 aliphatic heterocycles. The van der Waals surface area contributed by atoms with Gasteiger partial charge in [-0.25, -0.2) is 4.98 Å². The molecule has 0 saturated carbocycles. The Morgan fingerprint density at radius 3 is 3.00 bits per heavy atom. The zero-order chi connectivity index (χ0) is 17.9. The number of thiazole rings is 1. The normalized spacial score (nSPS) is 17.0. The summed E-state index contributed by atoms with van der Waals surface area (Å²) >= 11 is 7.54. The lowest BCUT2D eigenvalue weighted by Crippen LogP contribution is -2.31. The van der Waals surface area contributed by atoms with Crippen LogP contribution in [-0.4, -0.2) is 34.5 Å². The van der Waals surface area contributed by atoms with E-state index in [9.17, 15) is 4.79 Å². The van der Waals surface area contributed by atoms with E-state index in [1.165, 1.54) is 0 Å². The van der Waals surface area contributed by atoms with Gasteiger partial charge in [-0.1, -0.05) is 23.7 Å². The Morgan fingerprint density at radius 1 is 1.38 bits per heavy atom. The zero-order valence-corrected chi connectivity index (χ0v) is 15.9. The van der Waals surface area contributed by atoms with Gasteiger partial charge >= 0.3 is 0 Å². The minimum absolute atomic E-state index is 0.0675. The Labute approximate surface area is 161 Å². The van der Waals surface area contributed by atoms with Crippen LogP contribution >= 0.6 is 22.9 Å². The lowest BCUT2D eigenvalue weighted by molar-refractivity contribution is -0.121. The first-order chi connectivity index (χ1) is 12.7. The molecule has 0 radical (unpaired) electrons. The molecule has 1 N–H and O–H groups in total. The fourth-order valence-corrected chi connectivity index (χ4v) is 4.17. The van der Waals surface area contributed by atoms with E-state index in [2.05, 4.69) is 20.1 Å². The van der Waals surface area contributed by atoms with Gasteiger partial charge in [0.15, 0.2) is 4.96 Å². The number of nitrogens with zero attached hydrogens (tertiary/aromatic N) is 2. The highest BCUT2D eigenvalue weighted by Gasteiger charge is 2.16. The molecule has 1 aliphatic rings. The van der Waals surface area contributed by atoms with E-state index < -0.39 is 0 Å². The molecule has 0 spiro atoms. The van der Waals surface area contributed by atoms with E-state index >= 15 is 0 Å². The number of nitrogens with one attached hydrogen (secondary N) is 1. The first-order valence-electron chi connectivity index (χ1n) is 8.79. The van der Waals surface area contributed by atoms with Crippen molar-refractivity contribution in [3.63, 3.8) is 0 Å². The Balaban J connectivity index is 1.39. The van der Waals surface area contributed by atoms with E-state index in [1.807, 2.05) is 30.5 Å². The minimum atomic E-state index is 0.0675. The molecule has 26 heavy (non-hydrogen) atoms. The van der Waals surface area contributed by atoms with Crippen LogP contribution in [-0.2, 0) is 16.0 Å². The third-order valence-corrected chi connectivity index (χ3v) is 5.72. The van der Waals surface area contributed by atoms with Crippen LogP contribution in [0.4, 0.5) is 0 Å². The van der Waals surface area contributed by atoms with Crippen LogP contribution in [0.2, 0.25) is 5.02 Å². The predicted octanol–water partition coefficient (Wildman–Crippen LogP) is 3.94. The van der Waals surface area contributed by atoms with E-state index in [1.54, 1.807) is 11.3 Å². The Kier molecular flexibility index (Phi) is 5.24.